The molecule has 4 atom stereocenters. The van der Waals surface area contributed by atoms with E-state index < -0.39 is 0 Å². The van der Waals surface area contributed by atoms with Crippen LogP contribution in [0.4, 0.5) is 0 Å². The van der Waals surface area contributed by atoms with E-state index in [1.54, 1.807) is 0 Å². The first-order chi connectivity index (χ1) is 8.58. The Hall–Kier alpha value is 0.120. The molecule has 106 valence electrons. The molecule has 0 spiro atoms. The minimum atomic E-state index is -0.0808. The van der Waals surface area contributed by atoms with Crippen molar-refractivity contribution < 1.29 is 19.0 Å². The van der Waals surface area contributed by atoms with Gasteiger partial charge in [0, 0.05) is 10.5 Å². The van der Waals surface area contributed by atoms with Crippen LogP contribution in [0, 0.1) is 5.92 Å². The van der Waals surface area contributed by atoms with Gasteiger partial charge in [-0.3, -0.25) is 4.79 Å². The number of halogens is 1. The number of alkyl halides is 1. The number of ether oxygens (including phenoxy) is 3. The van der Waals surface area contributed by atoms with Crippen LogP contribution in [-0.2, 0) is 19.0 Å². The average Bonchev–Trinajstić information content (AvgIpc) is 2.69. The summed E-state index contributed by atoms with van der Waals surface area (Å²) in [6, 6.07) is 0. The smallest absolute Gasteiger partial charge is 0.309 e. The van der Waals surface area contributed by atoms with Crippen LogP contribution >= 0.6 is 22.6 Å². The summed E-state index contributed by atoms with van der Waals surface area (Å²) in [6.45, 7) is 7.59. The molecule has 1 aliphatic carbocycles. The number of carbonyl (C=O) groups excluding carboxylic acids is 1. The Morgan fingerprint density at radius 1 is 1.33 bits per heavy atom. The molecular weight excluding hydrogens is 347 g/mol. The standard InChI is InChI=1S/C13H23IO4/c1-4-16-8-9(3)18-12-7-10(6-11(12)14)13(15)17-5-2/h9-12H,4-8H2,1-3H3. The van der Waals surface area contributed by atoms with Crippen molar-refractivity contribution in [3.8, 4) is 0 Å². The van der Waals surface area contributed by atoms with Gasteiger partial charge in [-0.15, -0.1) is 0 Å². The summed E-state index contributed by atoms with van der Waals surface area (Å²) in [7, 11) is 0. The van der Waals surface area contributed by atoms with Gasteiger partial charge in [-0.1, -0.05) is 22.6 Å². The van der Waals surface area contributed by atoms with Crippen molar-refractivity contribution >= 4 is 28.6 Å². The predicted octanol–water partition coefficient (Wildman–Crippen LogP) is 2.57. The number of carbonyl (C=O) groups is 1. The first-order valence-electron chi connectivity index (χ1n) is 6.62. The monoisotopic (exact) mass is 370 g/mol. The Labute approximate surface area is 123 Å². The molecule has 1 saturated carbocycles. The molecule has 0 N–H and O–H groups in total. The van der Waals surface area contributed by atoms with E-state index in [4.69, 9.17) is 14.2 Å². The van der Waals surface area contributed by atoms with Crippen LogP contribution in [0.2, 0.25) is 0 Å². The third-order valence-electron chi connectivity index (χ3n) is 3.01. The van der Waals surface area contributed by atoms with E-state index >= 15 is 0 Å². The minimum absolute atomic E-state index is 0.00357. The van der Waals surface area contributed by atoms with Crippen molar-refractivity contribution in [3.05, 3.63) is 0 Å². The number of rotatable bonds is 7. The fourth-order valence-corrected chi connectivity index (χ4v) is 3.24. The molecule has 0 aliphatic heterocycles. The van der Waals surface area contributed by atoms with Crippen molar-refractivity contribution in [2.24, 2.45) is 5.92 Å². The summed E-state index contributed by atoms with van der Waals surface area (Å²) >= 11 is 2.37. The molecule has 5 heteroatoms. The Morgan fingerprint density at radius 3 is 2.67 bits per heavy atom. The molecule has 1 fully saturated rings. The highest BCUT2D eigenvalue weighted by Gasteiger charge is 2.38. The SMILES string of the molecule is CCOCC(C)OC1CC(C(=O)OCC)CC1I. The van der Waals surface area contributed by atoms with E-state index in [-0.39, 0.29) is 24.1 Å². The maximum Gasteiger partial charge on any atom is 0.309 e. The topological polar surface area (TPSA) is 44.8 Å². The second-order valence-electron chi connectivity index (χ2n) is 4.58. The first-order valence-corrected chi connectivity index (χ1v) is 7.86. The molecule has 0 aromatic rings. The maximum absolute atomic E-state index is 11.7. The molecule has 18 heavy (non-hydrogen) atoms. The molecule has 0 saturated heterocycles. The van der Waals surface area contributed by atoms with Crippen LogP contribution < -0.4 is 0 Å². The largest absolute Gasteiger partial charge is 0.466 e. The van der Waals surface area contributed by atoms with Gasteiger partial charge in [0.15, 0.2) is 0 Å². The molecule has 0 aromatic heterocycles. The van der Waals surface area contributed by atoms with E-state index in [0.29, 0.717) is 23.7 Å². The second-order valence-corrected chi connectivity index (χ2v) is 6.18. The zero-order valence-corrected chi connectivity index (χ0v) is 13.5. The molecular formula is C13H23IO4. The number of esters is 1. The summed E-state index contributed by atoms with van der Waals surface area (Å²) in [5.41, 5.74) is 0. The fourth-order valence-electron chi connectivity index (χ4n) is 2.16. The van der Waals surface area contributed by atoms with Crippen molar-refractivity contribution in [3.63, 3.8) is 0 Å². The second kappa shape index (κ2) is 8.32. The molecule has 4 unspecified atom stereocenters. The van der Waals surface area contributed by atoms with Crippen LogP contribution in [-0.4, -0.2) is 41.9 Å². The molecule has 4 nitrogen and oxygen atoms in total. The zero-order chi connectivity index (χ0) is 13.5. The van der Waals surface area contributed by atoms with Gasteiger partial charge >= 0.3 is 5.97 Å². The summed E-state index contributed by atoms with van der Waals surface area (Å²) in [5.74, 6) is -0.0844. The molecule has 1 rings (SSSR count). The van der Waals surface area contributed by atoms with Crippen molar-refractivity contribution in [1.82, 2.24) is 0 Å². The van der Waals surface area contributed by atoms with E-state index in [9.17, 15) is 4.79 Å². The normalized spacial score (nSPS) is 29.2. The van der Waals surface area contributed by atoms with E-state index in [0.717, 1.165) is 12.8 Å². The van der Waals surface area contributed by atoms with Crippen molar-refractivity contribution in [2.45, 2.75) is 49.7 Å². The lowest BCUT2D eigenvalue weighted by atomic mass is 10.1. The first kappa shape index (κ1) is 16.2. The van der Waals surface area contributed by atoms with Crippen LogP contribution in [0.3, 0.4) is 0 Å². The summed E-state index contributed by atoms with van der Waals surface area (Å²) in [4.78, 5) is 11.7. The van der Waals surface area contributed by atoms with Crippen LogP contribution in [0.15, 0.2) is 0 Å². The van der Waals surface area contributed by atoms with Crippen LogP contribution in [0.1, 0.15) is 33.6 Å². The highest BCUT2D eigenvalue weighted by atomic mass is 127. The average molecular weight is 370 g/mol. The quantitative estimate of drug-likeness (QED) is 0.393. The van der Waals surface area contributed by atoms with Crippen LogP contribution in [0.5, 0.6) is 0 Å². The van der Waals surface area contributed by atoms with Gasteiger partial charge in [-0.05, 0) is 33.6 Å². The fraction of sp³-hybridized carbons (Fsp3) is 0.923. The molecule has 1 aliphatic rings. The maximum atomic E-state index is 11.7. The Balaban J connectivity index is 2.37. The van der Waals surface area contributed by atoms with Gasteiger partial charge in [0.1, 0.15) is 0 Å². The summed E-state index contributed by atoms with van der Waals surface area (Å²) in [6.07, 6.45) is 1.83. The zero-order valence-electron chi connectivity index (χ0n) is 11.4. The Kier molecular flexibility index (Phi) is 7.48. The molecule has 0 radical (unpaired) electrons. The third kappa shape index (κ3) is 5.01. The lowest BCUT2D eigenvalue weighted by Crippen LogP contribution is -2.27. The van der Waals surface area contributed by atoms with E-state index in [1.807, 2.05) is 20.8 Å². The van der Waals surface area contributed by atoms with Gasteiger partial charge in [0.25, 0.3) is 0 Å². The van der Waals surface area contributed by atoms with Crippen molar-refractivity contribution in [2.75, 3.05) is 19.8 Å². The van der Waals surface area contributed by atoms with E-state index in [1.165, 1.54) is 0 Å². The van der Waals surface area contributed by atoms with Gasteiger partial charge in [0.05, 0.1) is 31.3 Å². The lowest BCUT2D eigenvalue weighted by molar-refractivity contribution is -0.148. The van der Waals surface area contributed by atoms with Gasteiger partial charge in [-0.2, -0.15) is 0 Å². The van der Waals surface area contributed by atoms with Gasteiger partial charge in [-0.25, -0.2) is 0 Å². The highest BCUT2D eigenvalue weighted by Crippen LogP contribution is 2.35. The summed E-state index contributed by atoms with van der Waals surface area (Å²) < 4.78 is 16.7. The lowest BCUT2D eigenvalue weighted by Gasteiger charge is -2.20. The van der Waals surface area contributed by atoms with E-state index in [2.05, 4.69) is 22.6 Å². The molecule has 0 aromatic carbocycles. The highest BCUT2D eigenvalue weighted by molar-refractivity contribution is 14.1. The minimum Gasteiger partial charge on any atom is -0.466 e. The third-order valence-corrected chi connectivity index (χ3v) is 4.32. The molecule has 0 bridgehead atoms. The van der Waals surface area contributed by atoms with Crippen molar-refractivity contribution in [1.29, 1.82) is 0 Å². The molecule has 0 amide bonds. The predicted molar refractivity (Wildman–Crippen MR) is 78.0 cm³/mol. The van der Waals surface area contributed by atoms with Gasteiger partial charge < -0.3 is 14.2 Å². The number of hydrogen-bond acceptors (Lipinski definition) is 4. The van der Waals surface area contributed by atoms with Gasteiger partial charge in [0.2, 0.25) is 0 Å². The Morgan fingerprint density at radius 2 is 2.06 bits per heavy atom. The van der Waals surface area contributed by atoms with Crippen LogP contribution in [0.25, 0.3) is 0 Å². The Bertz CT molecular complexity index is 259. The summed E-state index contributed by atoms with van der Waals surface area (Å²) in [5, 5.41) is 0. The number of hydrogen-bond donors (Lipinski definition) is 0. The molecule has 0 heterocycles.